The number of rotatable bonds is 4. The fraction of sp³-hybridized carbons (Fsp3) is 0.200. The number of nitrogens with zero attached hydrogens (tertiary/aromatic N) is 2. The zero-order valence-electron chi connectivity index (χ0n) is 16.1. The first-order chi connectivity index (χ1) is 14.6. The largest absolute Gasteiger partial charge is 0.449 e. The van der Waals surface area contributed by atoms with Crippen LogP contribution in [0.15, 0.2) is 48.5 Å². The molecule has 160 valence electrons. The Morgan fingerprint density at radius 2 is 1.90 bits per heavy atom. The second-order valence-corrected chi connectivity index (χ2v) is 7.17. The lowest BCUT2D eigenvalue weighted by Crippen LogP contribution is -2.40. The molecule has 1 unspecified atom stereocenters. The number of fused-ring (bicyclic) bond motifs is 1. The highest BCUT2D eigenvalue weighted by atomic mass is 19.4. The predicted octanol–water partition coefficient (Wildman–Crippen LogP) is 2.75. The Morgan fingerprint density at radius 1 is 1.16 bits per heavy atom. The minimum atomic E-state index is -4.73. The maximum absolute atomic E-state index is 13.4. The number of urea groups is 1. The number of amides is 4. The lowest BCUT2D eigenvalue weighted by Gasteiger charge is -2.21. The Hall–Kier alpha value is -3.89. The van der Waals surface area contributed by atoms with Crippen molar-refractivity contribution in [1.82, 2.24) is 20.2 Å². The number of imide groups is 1. The molecular weight excluding hydrogens is 415 g/mol. The summed E-state index contributed by atoms with van der Waals surface area (Å²) in [4.78, 5) is 39.8. The Balaban J connectivity index is 1.60. The van der Waals surface area contributed by atoms with Crippen molar-refractivity contribution in [2.75, 3.05) is 5.32 Å². The smallest absolute Gasteiger partial charge is 0.325 e. The van der Waals surface area contributed by atoms with Crippen molar-refractivity contribution in [2.45, 2.75) is 25.2 Å². The van der Waals surface area contributed by atoms with Gasteiger partial charge in [0.05, 0.1) is 11.0 Å². The summed E-state index contributed by atoms with van der Waals surface area (Å²) in [5.41, 5.74) is -0.368. The Morgan fingerprint density at radius 3 is 2.58 bits per heavy atom. The molecule has 4 amide bonds. The summed E-state index contributed by atoms with van der Waals surface area (Å²) in [7, 11) is 0. The van der Waals surface area contributed by atoms with E-state index in [-0.39, 0.29) is 16.7 Å². The topological polar surface area (TPSA) is 105 Å². The van der Waals surface area contributed by atoms with Gasteiger partial charge in [0.25, 0.3) is 5.91 Å². The molecule has 1 aliphatic heterocycles. The van der Waals surface area contributed by atoms with Gasteiger partial charge in [-0.05, 0) is 36.8 Å². The summed E-state index contributed by atoms with van der Waals surface area (Å²) in [6, 6.07) is 11.5. The molecular formula is C20H16F3N5O3. The van der Waals surface area contributed by atoms with Crippen LogP contribution in [-0.4, -0.2) is 27.4 Å². The normalized spacial score (nSPS) is 18.7. The van der Waals surface area contributed by atoms with Gasteiger partial charge in [-0.2, -0.15) is 13.2 Å². The van der Waals surface area contributed by atoms with Gasteiger partial charge in [0.1, 0.15) is 12.1 Å². The van der Waals surface area contributed by atoms with Crippen molar-refractivity contribution in [3.05, 3.63) is 59.9 Å². The van der Waals surface area contributed by atoms with Crippen molar-refractivity contribution < 1.29 is 27.6 Å². The van der Waals surface area contributed by atoms with Crippen LogP contribution in [0.4, 0.5) is 23.7 Å². The number of para-hydroxylation sites is 2. The summed E-state index contributed by atoms with van der Waals surface area (Å²) in [5, 5.41) is 7.18. The van der Waals surface area contributed by atoms with E-state index in [1.54, 1.807) is 24.3 Å². The molecule has 3 N–H and O–H groups in total. The molecule has 1 aromatic heterocycles. The molecule has 1 aliphatic rings. The van der Waals surface area contributed by atoms with Crippen molar-refractivity contribution >= 4 is 34.6 Å². The molecule has 8 nitrogen and oxygen atoms in total. The highest BCUT2D eigenvalue weighted by Gasteiger charge is 2.43. The second-order valence-electron chi connectivity index (χ2n) is 7.17. The summed E-state index contributed by atoms with van der Waals surface area (Å²) < 4.78 is 41.0. The summed E-state index contributed by atoms with van der Waals surface area (Å²) in [5.74, 6) is -2.44. The van der Waals surface area contributed by atoms with E-state index in [1.807, 2.05) is 0 Å². The van der Waals surface area contributed by atoms with E-state index in [0.29, 0.717) is 5.56 Å². The van der Waals surface area contributed by atoms with Crippen LogP contribution in [0.3, 0.4) is 0 Å². The fourth-order valence-corrected chi connectivity index (χ4v) is 3.45. The molecule has 1 saturated heterocycles. The highest BCUT2D eigenvalue weighted by molar-refractivity contribution is 6.07. The number of aromatic nitrogens is 2. The van der Waals surface area contributed by atoms with E-state index in [2.05, 4.69) is 20.9 Å². The first-order valence-corrected chi connectivity index (χ1v) is 9.14. The SMILES string of the molecule is CC1(c2cccc(NC(=O)Cn3c(C(F)(F)F)nc4ccccc43)c2)NC(=O)NC1=O. The summed E-state index contributed by atoms with van der Waals surface area (Å²) in [6.45, 7) is 0.884. The van der Waals surface area contributed by atoms with Crippen LogP contribution in [0.1, 0.15) is 18.3 Å². The quantitative estimate of drug-likeness (QED) is 0.553. The molecule has 2 heterocycles. The first-order valence-electron chi connectivity index (χ1n) is 9.14. The van der Waals surface area contributed by atoms with Gasteiger partial charge in [-0.3, -0.25) is 14.9 Å². The zero-order valence-corrected chi connectivity index (χ0v) is 16.1. The third-order valence-electron chi connectivity index (χ3n) is 4.98. The van der Waals surface area contributed by atoms with Gasteiger partial charge in [-0.1, -0.05) is 24.3 Å². The predicted molar refractivity (Wildman–Crippen MR) is 104 cm³/mol. The molecule has 2 aromatic carbocycles. The minimum absolute atomic E-state index is 0.125. The summed E-state index contributed by atoms with van der Waals surface area (Å²) >= 11 is 0. The van der Waals surface area contributed by atoms with Gasteiger partial charge < -0.3 is 15.2 Å². The number of anilines is 1. The molecule has 11 heteroatoms. The number of hydrogen-bond donors (Lipinski definition) is 3. The molecule has 3 aromatic rings. The third kappa shape index (κ3) is 3.69. The van der Waals surface area contributed by atoms with Gasteiger partial charge in [-0.15, -0.1) is 0 Å². The van der Waals surface area contributed by atoms with Crippen LogP contribution in [0.25, 0.3) is 11.0 Å². The number of halogens is 3. The third-order valence-corrected chi connectivity index (χ3v) is 4.98. The Labute approximate surface area is 173 Å². The van der Waals surface area contributed by atoms with Crippen LogP contribution in [0.2, 0.25) is 0 Å². The van der Waals surface area contributed by atoms with Crippen LogP contribution in [0.5, 0.6) is 0 Å². The van der Waals surface area contributed by atoms with Gasteiger partial charge in [-0.25, -0.2) is 9.78 Å². The second kappa shape index (κ2) is 7.11. The number of carbonyl (C=O) groups excluding carboxylic acids is 3. The van der Waals surface area contributed by atoms with Gasteiger partial charge in [0.2, 0.25) is 11.7 Å². The number of nitrogens with one attached hydrogen (secondary N) is 3. The number of imidazole rings is 1. The van der Waals surface area contributed by atoms with Crippen LogP contribution in [0, 0.1) is 0 Å². The fourth-order valence-electron chi connectivity index (χ4n) is 3.45. The molecule has 0 spiro atoms. The van der Waals surface area contributed by atoms with Crippen molar-refractivity contribution in [3.63, 3.8) is 0 Å². The standard InChI is InChI=1S/C20H16F3N5O3/c1-19(17(30)26-18(31)27-19)11-5-4-6-12(9-11)24-15(29)10-28-14-8-3-2-7-13(14)25-16(28)20(21,22)23/h2-9H,10H2,1H3,(H,24,29)(H2,26,27,30,31). The first kappa shape index (κ1) is 20.4. The average Bonchev–Trinajstić information content (AvgIpc) is 3.19. The summed E-state index contributed by atoms with van der Waals surface area (Å²) in [6.07, 6.45) is -4.73. The Kier molecular flexibility index (Phi) is 4.68. The van der Waals surface area contributed by atoms with Gasteiger partial charge in [0, 0.05) is 5.69 Å². The zero-order chi connectivity index (χ0) is 22.4. The van der Waals surface area contributed by atoms with Crippen molar-refractivity contribution in [3.8, 4) is 0 Å². The van der Waals surface area contributed by atoms with Gasteiger partial charge >= 0.3 is 12.2 Å². The lowest BCUT2D eigenvalue weighted by molar-refractivity contribution is -0.147. The molecule has 0 saturated carbocycles. The van der Waals surface area contributed by atoms with E-state index < -0.39 is 41.9 Å². The van der Waals surface area contributed by atoms with E-state index in [1.165, 1.54) is 31.2 Å². The van der Waals surface area contributed by atoms with Crippen LogP contribution < -0.4 is 16.0 Å². The number of carbonyl (C=O) groups is 3. The van der Waals surface area contributed by atoms with Crippen LogP contribution >= 0.6 is 0 Å². The van der Waals surface area contributed by atoms with Crippen molar-refractivity contribution in [1.29, 1.82) is 0 Å². The molecule has 0 radical (unpaired) electrons. The lowest BCUT2D eigenvalue weighted by atomic mass is 9.92. The molecule has 0 aliphatic carbocycles. The van der Waals surface area contributed by atoms with E-state index in [9.17, 15) is 27.6 Å². The van der Waals surface area contributed by atoms with E-state index in [0.717, 1.165) is 4.57 Å². The highest BCUT2D eigenvalue weighted by Crippen LogP contribution is 2.31. The molecule has 1 fully saturated rings. The van der Waals surface area contributed by atoms with E-state index in [4.69, 9.17) is 0 Å². The average molecular weight is 431 g/mol. The van der Waals surface area contributed by atoms with Gasteiger partial charge in [0.15, 0.2) is 0 Å². The monoisotopic (exact) mass is 431 g/mol. The molecule has 0 bridgehead atoms. The number of alkyl halides is 3. The minimum Gasteiger partial charge on any atom is -0.325 e. The number of benzene rings is 2. The maximum atomic E-state index is 13.4. The van der Waals surface area contributed by atoms with Crippen molar-refractivity contribution in [2.24, 2.45) is 0 Å². The van der Waals surface area contributed by atoms with Crippen LogP contribution in [-0.2, 0) is 27.8 Å². The maximum Gasteiger partial charge on any atom is 0.449 e. The molecule has 4 rings (SSSR count). The molecule has 1 atom stereocenters. The van der Waals surface area contributed by atoms with E-state index >= 15 is 0 Å². The molecule has 31 heavy (non-hydrogen) atoms. The Bertz CT molecular complexity index is 1220. The number of hydrogen-bond acceptors (Lipinski definition) is 4.